The van der Waals surface area contributed by atoms with Gasteiger partial charge in [-0.05, 0) is 60.3 Å². The van der Waals surface area contributed by atoms with Gasteiger partial charge < -0.3 is 20.5 Å². The van der Waals surface area contributed by atoms with Gasteiger partial charge in [0.2, 0.25) is 5.91 Å². The molecule has 0 aromatic heterocycles. The number of nitrogens with one attached hydrogen (secondary N) is 2. The predicted molar refractivity (Wildman–Crippen MR) is 129 cm³/mol. The Morgan fingerprint density at radius 3 is 2.31 bits per heavy atom. The highest BCUT2D eigenvalue weighted by Gasteiger charge is 2.65. The molecule has 4 aliphatic rings. The van der Waals surface area contributed by atoms with Crippen LogP contribution in [0.3, 0.4) is 0 Å². The van der Waals surface area contributed by atoms with Crippen LogP contribution in [0.4, 0.5) is 4.79 Å². The Morgan fingerprint density at radius 1 is 0.943 bits per heavy atom. The van der Waals surface area contributed by atoms with Gasteiger partial charge in [0.25, 0.3) is 0 Å². The Labute approximate surface area is 204 Å². The first-order valence-electron chi connectivity index (χ1n) is 12.6. The van der Waals surface area contributed by atoms with E-state index in [1.165, 1.54) is 22.3 Å². The van der Waals surface area contributed by atoms with Crippen molar-refractivity contribution in [3.63, 3.8) is 0 Å². The number of fused-ring (bicyclic) bond motifs is 4. The highest BCUT2D eigenvalue weighted by molar-refractivity contribution is 5.88. The highest BCUT2D eigenvalue weighted by atomic mass is 16.5. The molecule has 6 rings (SSSR count). The topological polar surface area (TPSA) is 105 Å². The van der Waals surface area contributed by atoms with Crippen molar-refractivity contribution in [2.45, 2.75) is 56.5 Å². The summed E-state index contributed by atoms with van der Waals surface area (Å²) < 4.78 is 5.68. The van der Waals surface area contributed by atoms with E-state index in [0.29, 0.717) is 19.3 Å². The normalized spacial score (nSPS) is 30.2. The minimum absolute atomic E-state index is 0.0100. The molecule has 3 fully saturated rings. The molecule has 0 heterocycles. The van der Waals surface area contributed by atoms with Crippen LogP contribution in [0.15, 0.2) is 48.5 Å². The summed E-state index contributed by atoms with van der Waals surface area (Å²) in [5.74, 6) is -1.12. The lowest BCUT2D eigenvalue weighted by Crippen LogP contribution is -2.44. The summed E-state index contributed by atoms with van der Waals surface area (Å²) in [7, 11) is 0. The van der Waals surface area contributed by atoms with E-state index in [4.69, 9.17) is 4.74 Å². The number of amides is 2. The first-order chi connectivity index (χ1) is 17.0. The van der Waals surface area contributed by atoms with Crippen molar-refractivity contribution in [2.24, 2.45) is 17.3 Å². The number of carboxylic acids is 1. The monoisotopic (exact) mass is 474 g/mol. The van der Waals surface area contributed by atoms with Crippen LogP contribution in [0, 0.1) is 17.3 Å². The number of carboxylic acid groups (broad SMARTS) is 1. The SMILES string of the molecule is O=C(NC1CC2CC2(C(=O)N[C@H]2CCC[C@H]2C(=O)O)C1)OCC1c2ccccc2-c2ccccc21. The summed E-state index contributed by atoms with van der Waals surface area (Å²) in [4.78, 5) is 37.2. The molecule has 2 aromatic carbocycles. The van der Waals surface area contributed by atoms with Crippen LogP contribution >= 0.6 is 0 Å². The van der Waals surface area contributed by atoms with Crippen molar-refractivity contribution in [2.75, 3.05) is 6.61 Å². The number of carbonyl (C=O) groups excluding carboxylic acids is 2. The minimum atomic E-state index is -0.834. The van der Waals surface area contributed by atoms with Crippen LogP contribution in [0.1, 0.15) is 55.6 Å². The second-order valence-electron chi connectivity index (χ2n) is 10.6. The second kappa shape index (κ2) is 8.40. The first kappa shape index (κ1) is 22.1. The minimum Gasteiger partial charge on any atom is -0.481 e. The van der Waals surface area contributed by atoms with Crippen molar-refractivity contribution in [1.29, 1.82) is 0 Å². The lowest BCUT2D eigenvalue weighted by molar-refractivity contribution is -0.142. The molecule has 3 saturated carbocycles. The quantitative estimate of drug-likeness (QED) is 0.586. The van der Waals surface area contributed by atoms with Crippen LogP contribution in [-0.4, -0.2) is 41.8 Å². The van der Waals surface area contributed by atoms with Gasteiger partial charge in [0.15, 0.2) is 0 Å². The standard InChI is InChI=1S/C28H30N2O5/c31-25(32)22-10-5-11-24(22)30-26(33)28-13-16(28)12-17(14-28)29-27(34)35-15-23-20-8-3-1-6-18(20)19-7-2-4-9-21(19)23/h1-4,6-9,16-17,22-24H,5,10-15H2,(H,29,34)(H,30,33)(H,31,32)/t16?,17?,22-,24+,28?/m1/s1. The molecule has 5 atom stereocenters. The Kier molecular flexibility index (Phi) is 5.31. The Morgan fingerprint density at radius 2 is 1.63 bits per heavy atom. The van der Waals surface area contributed by atoms with Gasteiger partial charge in [0.05, 0.1) is 11.3 Å². The smallest absolute Gasteiger partial charge is 0.407 e. The van der Waals surface area contributed by atoms with Crippen molar-refractivity contribution in [3.05, 3.63) is 59.7 Å². The van der Waals surface area contributed by atoms with Crippen LogP contribution in [0.25, 0.3) is 11.1 Å². The zero-order valence-corrected chi connectivity index (χ0v) is 19.5. The zero-order chi connectivity index (χ0) is 24.2. The molecule has 7 nitrogen and oxygen atoms in total. The van der Waals surface area contributed by atoms with Gasteiger partial charge in [0.1, 0.15) is 6.61 Å². The molecule has 3 N–H and O–H groups in total. The van der Waals surface area contributed by atoms with Crippen molar-refractivity contribution >= 4 is 18.0 Å². The molecule has 0 aliphatic heterocycles. The van der Waals surface area contributed by atoms with E-state index in [-0.39, 0.29) is 36.4 Å². The van der Waals surface area contributed by atoms with Crippen LogP contribution < -0.4 is 10.6 Å². The van der Waals surface area contributed by atoms with Gasteiger partial charge in [-0.2, -0.15) is 0 Å². The summed E-state index contributed by atoms with van der Waals surface area (Å²) >= 11 is 0. The Hall–Kier alpha value is -3.35. The molecular weight excluding hydrogens is 444 g/mol. The number of hydrogen-bond acceptors (Lipinski definition) is 4. The number of benzene rings is 2. The van der Waals surface area contributed by atoms with E-state index in [9.17, 15) is 19.5 Å². The molecule has 0 bridgehead atoms. The van der Waals surface area contributed by atoms with Gasteiger partial charge in [-0.3, -0.25) is 9.59 Å². The number of carbonyl (C=O) groups is 3. The summed E-state index contributed by atoms with van der Waals surface area (Å²) in [5.41, 5.74) is 4.26. The largest absolute Gasteiger partial charge is 0.481 e. The Bertz CT molecular complexity index is 1150. The summed E-state index contributed by atoms with van der Waals surface area (Å²) in [6.45, 7) is 0.264. The van der Waals surface area contributed by atoms with Gasteiger partial charge in [-0.1, -0.05) is 55.0 Å². The molecule has 35 heavy (non-hydrogen) atoms. The maximum atomic E-state index is 13.0. The molecular formula is C28H30N2O5. The summed E-state index contributed by atoms with van der Waals surface area (Å²) in [6, 6.07) is 16.1. The molecule has 4 aliphatic carbocycles. The molecule has 0 spiro atoms. The second-order valence-corrected chi connectivity index (χ2v) is 10.6. The first-order valence-corrected chi connectivity index (χ1v) is 12.6. The van der Waals surface area contributed by atoms with Gasteiger partial charge in [0, 0.05) is 18.0 Å². The number of aliphatic carboxylic acids is 1. The van der Waals surface area contributed by atoms with Crippen molar-refractivity contribution in [3.8, 4) is 11.1 Å². The number of alkyl carbamates (subject to hydrolysis) is 1. The van der Waals surface area contributed by atoms with Crippen LogP contribution in [0.5, 0.6) is 0 Å². The summed E-state index contributed by atoms with van der Waals surface area (Å²) in [6.07, 6.45) is 3.85. The average Bonchev–Trinajstić information content (AvgIpc) is 3.17. The van der Waals surface area contributed by atoms with E-state index in [1.807, 2.05) is 24.3 Å². The molecule has 3 unspecified atom stereocenters. The lowest BCUT2D eigenvalue weighted by Gasteiger charge is -2.22. The number of ether oxygens (including phenoxy) is 1. The summed E-state index contributed by atoms with van der Waals surface area (Å²) in [5, 5.41) is 15.4. The lowest BCUT2D eigenvalue weighted by atomic mass is 9.98. The van der Waals surface area contributed by atoms with E-state index >= 15 is 0 Å². The number of hydrogen-bond donors (Lipinski definition) is 3. The molecule has 2 aromatic rings. The van der Waals surface area contributed by atoms with Crippen LogP contribution in [-0.2, 0) is 14.3 Å². The third kappa shape index (κ3) is 3.77. The Balaban J connectivity index is 1.04. The van der Waals surface area contributed by atoms with Crippen molar-refractivity contribution < 1.29 is 24.2 Å². The third-order valence-corrected chi connectivity index (χ3v) is 8.68. The predicted octanol–water partition coefficient (Wildman–Crippen LogP) is 4.06. The average molecular weight is 475 g/mol. The van der Waals surface area contributed by atoms with E-state index in [2.05, 4.69) is 34.9 Å². The molecule has 2 amide bonds. The fourth-order valence-electron chi connectivity index (χ4n) is 6.83. The van der Waals surface area contributed by atoms with Crippen LogP contribution in [0.2, 0.25) is 0 Å². The van der Waals surface area contributed by atoms with Gasteiger partial charge in [-0.25, -0.2) is 4.79 Å². The molecule has 0 radical (unpaired) electrons. The molecule has 182 valence electrons. The van der Waals surface area contributed by atoms with E-state index in [0.717, 1.165) is 19.3 Å². The van der Waals surface area contributed by atoms with Crippen molar-refractivity contribution in [1.82, 2.24) is 10.6 Å². The number of rotatable bonds is 6. The zero-order valence-electron chi connectivity index (χ0n) is 19.5. The fraction of sp³-hybridized carbons (Fsp3) is 0.464. The third-order valence-electron chi connectivity index (χ3n) is 8.68. The van der Waals surface area contributed by atoms with E-state index < -0.39 is 23.4 Å². The fourth-order valence-corrected chi connectivity index (χ4v) is 6.83. The molecule has 7 heteroatoms. The van der Waals surface area contributed by atoms with Gasteiger partial charge >= 0.3 is 12.1 Å². The maximum Gasteiger partial charge on any atom is 0.407 e. The maximum absolute atomic E-state index is 13.0. The van der Waals surface area contributed by atoms with Gasteiger partial charge in [-0.15, -0.1) is 0 Å². The van der Waals surface area contributed by atoms with E-state index in [1.54, 1.807) is 0 Å². The highest BCUT2D eigenvalue weighted by Crippen LogP contribution is 2.63. The molecule has 0 saturated heterocycles.